The quantitative estimate of drug-likeness (QED) is 0.741. The van der Waals surface area contributed by atoms with Crippen molar-refractivity contribution in [3.05, 3.63) is 53.3 Å². The molecule has 1 aliphatic rings. The number of para-hydroxylation sites is 1. The average molecular weight is 358 g/mol. The molecule has 5 nitrogen and oxygen atoms in total. The molecule has 0 saturated carbocycles. The molecule has 0 aliphatic carbocycles. The highest BCUT2D eigenvalue weighted by atomic mass is 16.2. The van der Waals surface area contributed by atoms with E-state index in [1.54, 1.807) is 6.07 Å². The van der Waals surface area contributed by atoms with Gasteiger partial charge in [0.1, 0.15) is 6.07 Å². The van der Waals surface area contributed by atoms with Crippen LogP contribution in [0.15, 0.2) is 36.5 Å². The second kappa shape index (κ2) is 6.24. The summed E-state index contributed by atoms with van der Waals surface area (Å²) in [6, 6.07) is 11.7. The summed E-state index contributed by atoms with van der Waals surface area (Å²) in [6.45, 7) is 6.99. The van der Waals surface area contributed by atoms with Crippen molar-refractivity contribution < 1.29 is 4.79 Å². The molecule has 1 aromatic carbocycles. The first-order valence-corrected chi connectivity index (χ1v) is 9.33. The highest BCUT2D eigenvalue weighted by molar-refractivity contribution is 6.01. The van der Waals surface area contributed by atoms with E-state index < -0.39 is 5.54 Å². The van der Waals surface area contributed by atoms with Gasteiger partial charge >= 0.3 is 0 Å². The maximum absolute atomic E-state index is 12.9. The van der Waals surface area contributed by atoms with Crippen LogP contribution in [0.1, 0.15) is 55.2 Å². The number of hydrogen-bond acceptors (Lipinski definition) is 3. The molecule has 1 aliphatic heterocycles. The summed E-state index contributed by atoms with van der Waals surface area (Å²) < 4.78 is 0. The van der Waals surface area contributed by atoms with Crippen LogP contribution >= 0.6 is 0 Å². The lowest BCUT2D eigenvalue weighted by atomic mass is 9.98. The van der Waals surface area contributed by atoms with Gasteiger partial charge in [0.2, 0.25) is 0 Å². The zero-order chi connectivity index (χ0) is 19.2. The number of fused-ring (bicyclic) bond motifs is 2. The lowest BCUT2D eigenvalue weighted by Gasteiger charge is -2.31. The Bertz CT molecular complexity index is 1090. The van der Waals surface area contributed by atoms with Crippen molar-refractivity contribution in [2.45, 2.75) is 39.2 Å². The van der Waals surface area contributed by atoms with Crippen molar-refractivity contribution in [2.24, 2.45) is 0 Å². The molecule has 0 fully saturated rings. The van der Waals surface area contributed by atoms with Gasteiger partial charge in [-0.05, 0) is 38.5 Å². The Kier molecular flexibility index (Phi) is 4.00. The van der Waals surface area contributed by atoms with Gasteiger partial charge < -0.3 is 9.88 Å². The molecular formula is C22H22N4O. The normalized spacial score (nSPS) is 15.2. The van der Waals surface area contributed by atoms with Gasteiger partial charge in [-0.3, -0.25) is 4.79 Å². The Hall–Kier alpha value is -3.13. The molecule has 0 unspecified atom stereocenters. The number of unbranched alkanes of at least 4 members (excludes halogenated alkanes) is 1. The fourth-order valence-corrected chi connectivity index (χ4v) is 3.93. The first kappa shape index (κ1) is 17.3. The van der Waals surface area contributed by atoms with E-state index in [4.69, 9.17) is 4.98 Å². The van der Waals surface area contributed by atoms with Gasteiger partial charge in [-0.25, -0.2) is 4.98 Å². The average Bonchev–Trinajstić information content (AvgIpc) is 3.18. The monoisotopic (exact) mass is 358 g/mol. The highest BCUT2D eigenvalue weighted by Gasteiger charge is 2.44. The smallest absolute Gasteiger partial charge is 0.256 e. The molecule has 1 N–H and O–H groups in total. The number of benzene rings is 1. The number of hydrogen-bond donors (Lipinski definition) is 1. The summed E-state index contributed by atoms with van der Waals surface area (Å²) in [5.74, 6) is 0.0631. The largest absolute Gasteiger partial charge is 0.359 e. The highest BCUT2D eigenvalue weighted by Crippen LogP contribution is 2.39. The number of amides is 1. The van der Waals surface area contributed by atoms with Crippen molar-refractivity contribution in [3.8, 4) is 17.3 Å². The number of nitrogens with one attached hydrogen (secondary N) is 1. The van der Waals surface area contributed by atoms with Crippen LogP contribution in [0.3, 0.4) is 0 Å². The van der Waals surface area contributed by atoms with E-state index in [0.717, 1.165) is 47.2 Å². The third kappa shape index (κ3) is 2.52. The van der Waals surface area contributed by atoms with E-state index in [-0.39, 0.29) is 5.91 Å². The second-order valence-corrected chi connectivity index (χ2v) is 7.50. The molecule has 0 bridgehead atoms. The van der Waals surface area contributed by atoms with Crippen LogP contribution in [-0.4, -0.2) is 27.3 Å². The number of pyridine rings is 1. The predicted octanol–water partition coefficient (Wildman–Crippen LogP) is 4.59. The maximum Gasteiger partial charge on any atom is 0.256 e. The fraction of sp³-hybridized carbons (Fsp3) is 0.318. The summed E-state index contributed by atoms with van der Waals surface area (Å²) in [6.07, 6.45) is 3.92. The minimum Gasteiger partial charge on any atom is -0.359 e. The molecular weight excluding hydrogens is 336 g/mol. The first-order valence-electron chi connectivity index (χ1n) is 9.33. The van der Waals surface area contributed by atoms with Gasteiger partial charge in [-0.15, -0.1) is 0 Å². The Balaban J connectivity index is 1.82. The van der Waals surface area contributed by atoms with Crippen LogP contribution in [-0.2, 0) is 5.54 Å². The van der Waals surface area contributed by atoms with E-state index in [0.29, 0.717) is 11.1 Å². The number of carbonyl (C=O) groups excluding carboxylic acids is 1. The van der Waals surface area contributed by atoms with Gasteiger partial charge in [0.25, 0.3) is 5.91 Å². The van der Waals surface area contributed by atoms with Crippen molar-refractivity contribution in [1.82, 2.24) is 14.9 Å². The Morgan fingerprint density at radius 3 is 2.78 bits per heavy atom. The van der Waals surface area contributed by atoms with Crippen LogP contribution in [0.5, 0.6) is 0 Å². The van der Waals surface area contributed by atoms with Crippen LogP contribution in [0.4, 0.5) is 0 Å². The lowest BCUT2D eigenvalue weighted by molar-refractivity contribution is 0.0610. The molecule has 0 saturated heterocycles. The number of aromatic amines is 1. The number of H-pyrrole nitrogens is 1. The summed E-state index contributed by atoms with van der Waals surface area (Å²) in [5.41, 5.74) is 4.28. The Morgan fingerprint density at radius 1 is 1.22 bits per heavy atom. The van der Waals surface area contributed by atoms with Gasteiger partial charge in [-0.2, -0.15) is 5.26 Å². The van der Waals surface area contributed by atoms with Crippen molar-refractivity contribution in [1.29, 1.82) is 5.26 Å². The number of carbonyl (C=O) groups is 1. The maximum atomic E-state index is 12.9. The minimum atomic E-state index is -0.429. The molecule has 2 aromatic heterocycles. The van der Waals surface area contributed by atoms with Gasteiger partial charge in [0.05, 0.1) is 33.6 Å². The van der Waals surface area contributed by atoms with Crippen LogP contribution < -0.4 is 0 Å². The van der Waals surface area contributed by atoms with E-state index >= 15 is 0 Å². The zero-order valence-corrected chi connectivity index (χ0v) is 15.8. The second-order valence-electron chi connectivity index (χ2n) is 7.50. The van der Waals surface area contributed by atoms with Crippen LogP contribution in [0, 0.1) is 11.3 Å². The van der Waals surface area contributed by atoms with E-state index in [1.807, 2.05) is 35.4 Å². The summed E-state index contributed by atoms with van der Waals surface area (Å²) in [7, 11) is 0. The minimum absolute atomic E-state index is 0.0631. The number of rotatable bonds is 4. The third-order valence-electron chi connectivity index (χ3n) is 5.47. The molecule has 136 valence electrons. The van der Waals surface area contributed by atoms with Gasteiger partial charge in [0.15, 0.2) is 0 Å². The number of aromatic nitrogens is 2. The van der Waals surface area contributed by atoms with E-state index in [2.05, 4.69) is 31.8 Å². The molecule has 0 radical (unpaired) electrons. The third-order valence-corrected chi connectivity index (χ3v) is 5.47. The van der Waals surface area contributed by atoms with Crippen molar-refractivity contribution in [2.75, 3.05) is 6.54 Å². The Labute approximate surface area is 158 Å². The predicted molar refractivity (Wildman–Crippen MR) is 105 cm³/mol. The molecule has 3 heterocycles. The SMILES string of the molecule is CCCCN1C(=O)c2ccc(-c3c[nH]c4c(C#N)cccc34)nc2C1(C)C. The molecule has 0 spiro atoms. The van der Waals surface area contributed by atoms with Crippen molar-refractivity contribution in [3.63, 3.8) is 0 Å². The summed E-state index contributed by atoms with van der Waals surface area (Å²) in [4.78, 5) is 22.9. The standard InChI is InChI=1S/C22H22N4O/c1-4-5-11-26-21(27)16-9-10-18(25-20(16)22(26,2)3)17-13-24-19-14(12-23)7-6-8-15(17)19/h6-10,13,24H,4-5,11H2,1-3H3. The topological polar surface area (TPSA) is 72.8 Å². The van der Waals surface area contributed by atoms with Crippen LogP contribution in [0.25, 0.3) is 22.2 Å². The molecule has 27 heavy (non-hydrogen) atoms. The number of nitriles is 1. The Morgan fingerprint density at radius 2 is 2.04 bits per heavy atom. The van der Waals surface area contributed by atoms with Gasteiger partial charge in [0, 0.05) is 23.7 Å². The number of nitrogens with zero attached hydrogens (tertiary/aromatic N) is 3. The molecule has 0 atom stereocenters. The summed E-state index contributed by atoms with van der Waals surface area (Å²) >= 11 is 0. The van der Waals surface area contributed by atoms with Crippen LogP contribution in [0.2, 0.25) is 0 Å². The zero-order valence-electron chi connectivity index (χ0n) is 15.8. The van der Waals surface area contributed by atoms with Gasteiger partial charge in [-0.1, -0.05) is 25.5 Å². The fourth-order valence-electron chi connectivity index (χ4n) is 3.93. The summed E-state index contributed by atoms with van der Waals surface area (Å²) in [5, 5.41) is 10.3. The molecule has 4 rings (SSSR count). The molecule has 3 aromatic rings. The van der Waals surface area contributed by atoms with Crippen molar-refractivity contribution >= 4 is 16.8 Å². The first-order chi connectivity index (χ1) is 13.0. The lowest BCUT2D eigenvalue weighted by Crippen LogP contribution is -2.40. The van der Waals surface area contributed by atoms with E-state index in [9.17, 15) is 10.1 Å². The molecule has 1 amide bonds. The van der Waals surface area contributed by atoms with E-state index in [1.165, 1.54) is 0 Å². The molecule has 5 heteroatoms.